The van der Waals surface area contributed by atoms with E-state index < -0.39 is 0 Å². The van der Waals surface area contributed by atoms with E-state index in [4.69, 9.17) is 4.74 Å². The maximum absolute atomic E-state index is 11.7. The average Bonchev–Trinajstić information content (AvgIpc) is 2.29. The fourth-order valence-electron chi connectivity index (χ4n) is 1.36. The van der Waals surface area contributed by atoms with Crippen molar-refractivity contribution < 1.29 is 9.53 Å². The second-order valence-electron chi connectivity index (χ2n) is 4.21. The number of carbonyl (C=O) groups is 1. The lowest BCUT2D eigenvalue weighted by atomic mass is 10.0. The molecular weight excluding hydrogens is 234 g/mol. The van der Waals surface area contributed by atoms with Gasteiger partial charge in [-0.25, -0.2) is 4.79 Å². The summed E-state index contributed by atoms with van der Waals surface area (Å²) in [6.07, 6.45) is 1.63. The Kier molecular flexibility index (Phi) is 5.35. The molecule has 0 spiro atoms. The Morgan fingerprint density at radius 2 is 2.18 bits per heavy atom. The van der Waals surface area contributed by atoms with Crippen LogP contribution in [-0.2, 0) is 0 Å². The van der Waals surface area contributed by atoms with Crippen LogP contribution in [0.2, 0.25) is 0 Å². The molecule has 0 unspecified atom stereocenters. The van der Waals surface area contributed by atoms with Gasteiger partial charge in [0.1, 0.15) is 5.75 Å². The van der Waals surface area contributed by atoms with Crippen molar-refractivity contribution in [1.82, 2.24) is 4.90 Å². The van der Waals surface area contributed by atoms with Gasteiger partial charge in [0.15, 0.2) is 0 Å². The van der Waals surface area contributed by atoms with E-state index in [0.717, 1.165) is 0 Å². The average molecular weight is 253 g/mol. The van der Waals surface area contributed by atoms with Gasteiger partial charge in [0.05, 0.1) is 5.88 Å². The summed E-state index contributed by atoms with van der Waals surface area (Å²) in [4.78, 5) is 13.2. The summed E-state index contributed by atoms with van der Waals surface area (Å²) in [7, 11) is 1.73. The molecule has 0 aromatic heterocycles. The van der Waals surface area contributed by atoms with E-state index in [1.165, 1.54) is 5.56 Å². The largest absolute Gasteiger partial charge is 0.415 e. The highest BCUT2D eigenvalue weighted by Gasteiger charge is 2.10. The monoisotopic (exact) mass is 253 g/mol. The summed E-state index contributed by atoms with van der Waals surface area (Å²) in [6.45, 7) is 4.22. The van der Waals surface area contributed by atoms with Crippen molar-refractivity contribution in [2.45, 2.75) is 19.8 Å². The highest BCUT2D eigenvalue weighted by atomic mass is 32.2. The van der Waals surface area contributed by atoms with Crippen LogP contribution in [0.25, 0.3) is 0 Å². The highest BCUT2D eigenvalue weighted by Crippen LogP contribution is 2.20. The van der Waals surface area contributed by atoms with E-state index in [9.17, 15) is 4.79 Å². The molecular formula is C13H19NO2S. The Balaban J connectivity index is 2.68. The molecule has 1 amide bonds. The summed E-state index contributed by atoms with van der Waals surface area (Å²) >= 11 is 1.58. The van der Waals surface area contributed by atoms with Gasteiger partial charge < -0.3 is 9.64 Å². The molecule has 0 aliphatic carbocycles. The van der Waals surface area contributed by atoms with Gasteiger partial charge in [0.2, 0.25) is 0 Å². The number of benzene rings is 1. The number of thioether (sulfide) groups is 1. The second kappa shape index (κ2) is 6.55. The molecule has 0 saturated heterocycles. The van der Waals surface area contributed by atoms with Gasteiger partial charge >= 0.3 is 6.09 Å². The van der Waals surface area contributed by atoms with Crippen LogP contribution in [0.5, 0.6) is 5.75 Å². The highest BCUT2D eigenvalue weighted by molar-refractivity contribution is 7.98. The molecule has 0 bridgehead atoms. The smallest absolute Gasteiger partial charge is 0.410 e. The zero-order chi connectivity index (χ0) is 12.8. The first kappa shape index (κ1) is 13.9. The number of hydrogen-bond donors (Lipinski definition) is 0. The number of nitrogens with zero attached hydrogens (tertiary/aromatic N) is 1. The normalized spacial score (nSPS) is 10.4. The minimum Gasteiger partial charge on any atom is -0.410 e. The summed E-state index contributed by atoms with van der Waals surface area (Å²) in [5, 5.41) is 0. The van der Waals surface area contributed by atoms with Gasteiger partial charge in [0.25, 0.3) is 0 Å². The fourth-order valence-corrected chi connectivity index (χ4v) is 1.85. The Morgan fingerprint density at radius 3 is 2.76 bits per heavy atom. The first-order valence-corrected chi connectivity index (χ1v) is 6.95. The van der Waals surface area contributed by atoms with Gasteiger partial charge in [-0.05, 0) is 29.9 Å². The lowest BCUT2D eigenvalue weighted by Crippen LogP contribution is -2.29. The lowest BCUT2D eigenvalue weighted by molar-refractivity contribution is 0.170. The Labute approximate surface area is 107 Å². The van der Waals surface area contributed by atoms with Crippen molar-refractivity contribution in [3.8, 4) is 5.75 Å². The topological polar surface area (TPSA) is 29.5 Å². The molecule has 1 aromatic carbocycles. The van der Waals surface area contributed by atoms with Gasteiger partial charge in [0, 0.05) is 7.05 Å². The number of amides is 1. The van der Waals surface area contributed by atoms with Crippen LogP contribution in [0.15, 0.2) is 24.3 Å². The molecule has 0 fully saturated rings. The number of carbonyl (C=O) groups excluding carboxylic acids is 1. The van der Waals surface area contributed by atoms with Gasteiger partial charge in [-0.15, -0.1) is 11.8 Å². The SMILES string of the molecule is CSCN(C)C(=O)Oc1cccc(C(C)C)c1. The van der Waals surface area contributed by atoms with E-state index in [-0.39, 0.29) is 6.09 Å². The minimum absolute atomic E-state index is 0.319. The molecule has 0 N–H and O–H groups in total. The fraction of sp³-hybridized carbons (Fsp3) is 0.462. The van der Waals surface area contributed by atoms with E-state index in [0.29, 0.717) is 17.5 Å². The number of ether oxygens (including phenoxy) is 1. The maximum Gasteiger partial charge on any atom is 0.415 e. The molecule has 1 rings (SSSR count). The van der Waals surface area contributed by atoms with E-state index >= 15 is 0 Å². The lowest BCUT2D eigenvalue weighted by Gasteiger charge is -2.15. The van der Waals surface area contributed by atoms with Crippen molar-refractivity contribution in [2.24, 2.45) is 0 Å². The Morgan fingerprint density at radius 1 is 1.47 bits per heavy atom. The molecule has 0 atom stereocenters. The molecule has 3 nitrogen and oxygen atoms in total. The van der Waals surface area contributed by atoms with Gasteiger partial charge in [-0.3, -0.25) is 0 Å². The molecule has 4 heteroatoms. The van der Waals surface area contributed by atoms with Crippen molar-refractivity contribution in [3.05, 3.63) is 29.8 Å². The predicted molar refractivity (Wildman–Crippen MR) is 72.7 cm³/mol. The molecule has 0 heterocycles. The van der Waals surface area contributed by atoms with E-state index in [2.05, 4.69) is 13.8 Å². The summed E-state index contributed by atoms with van der Waals surface area (Å²) in [5.41, 5.74) is 1.17. The zero-order valence-electron chi connectivity index (χ0n) is 10.8. The first-order chi connectivity index (χ1) is 8.04. The summed E-state index contributed by atoms with van der Waals surface area (Å²) in [5.74, 6) is 1.66. The third-order valence-corrected chi connectivity index (χ3v) is 3.01. The van der Waals surface area contributed by atoms with Crippen LogP contribution in [0.3, 0.4) is 0 Å². The molecule has 0 aliphatic rings. The van der Waals surface area contributed by atoms with E-state index in [1.54, 1.807) is 29.8 Å². The molecule has 0 saturated carbocycles. The van der Waals surface area contributed by atoms with Crippen molar-refractivity contribution in [1.29, 1.82) is 0 Å². The van der Waals surface area contributed by atoms with Gasteiger partial charge in [-0.2, -0.15) is 0 Å². The van der Waals surface area contributed by atoms with Crippen LogP contribution < -0.4 is 4.74 Å². The Hall–Kier alpha value is -1.16. The standard InChI is InChI=1S/C13H19NO2S/c1-10(2)11-6-5-7-12(8-11)16-13(15)14(3)9-17-4/h5-8,10H,9H2,1-4H3. The van der Waals surface area contributed by atoms with Crippen LogP contribution in [-0.4, -0.2) is 30.2 Å². The molecule has 94 valence electrons. The first-order valence-electron chi connectivity index (χ1n) is 5.56. The van der Waals surface area contributed by atoms with Gasteiger partial charge in [-0.1, -0.05) is 26.0 Å². The van der Waals surface area contributed by atoms with Crippen LogP contribution in [0, 0.1) is 0 Å². The third kappa shape index (κ3) is 4.30. The molecule has 17 heavy (non-hydrogen) atoms. The summed E-state index contributed by atoms with van der Waals surface area (Å²) < 4.78 is 5.29. The van der Waals surface area contributed by atoms with Crippen LogP contribution in [0.4, 0.5) is 4.79 Å². The van der Waals surface area contributed by atoms with Crippen molar-refractivity contribution in [2.75, 3.05) is 19.2 Å². The number of rotatable bonds is 4. The zero-order valence-corrected chi connectivity index (χ0v) is 11.6. The van der Waals surface area contributed by atoms with Crippen LogP contribution >= 0.6 is 11.8 Å². The third-order valence-electron chi connectivity index (χ3n) is 2.36. The Bertz CT molecular complexity index is 379. The summed E-state index contributed by atoms with van der Waals surface area (Å²) in [6, 6.07) is 7.66. The van der Waals surface area contributed by atoms with Crippen molar-refractivity contribution >= 4 is 17.9 Å². The molecule has 0 aliphatic heterocycles. The van der Waals surface area contributed by atoms with E-state index in [1.807, 2.05) is 24.5 Å². The maximum atomic E-state index is 11.7. The quantitative estimate of drug-likeness (QED) is 0.768. The molecule has 1 aromatic rings. The minimum atomic E-state index is -0.319. The molecule has 0 radical (unpaired) electrons. The second-order valence-corrected chi connectivity index (χ2v) is 5.05. The number of hydrogen-bond acceptors (Lipinski definition) is 3. The van der Waals surface area contributed by atoms with Crippen molar-refractivity contribution in [3.63, 3.8) is 0 Å². The van der Waals surface area contributed by atoms with Crippen LogP contribution in [0.1, 0.15) is 25.3 Å². The predicted octanol–water partition coefficient (Wildman–Crippen LogP) is 3.56.